The van der Waals surface area contributed by atoms with Crippen molar-refractivity contribution in [3.05, 3.63) is 54.4 Å². The van der Waals surface area contributed by atoms with Crippen molar-refractivity contribution in [1.29, 1.82) is 0 Å². The lowest BCUT2D eigenvalue weighted by molar-refractivity contribution is 0.171. The molecule has 0 bridgehead atoms. The summed E-state index contributed by atoms with van der Waals surface area (Å²) in [6, 6.07) is 13.7. The van der Waals surface area contributed by atoms with E-state index in [1.165, 1.54) is 12.1 Å². The van der Waals surface area contributed by atoms with E-state index in [4.69, 9.17) is 13.9 Å². The van der Waals surface area contributed by atoms with Crippen LogP contribution in [-0.2, 0) is 16.6 Å². The van der Waals surface area contributed by atoms with Gasteiger partial charge in [0.25, 0.3) is 0 Å². The Morgan fingerprint density at radius 1 is 0.962 bits per heavy atom. The summed E-state index contributed by atoms with van der Waals surface area (Å²) < 4.78 is 43.7. The van der Waals surface area contributed by atoms with E-state index in [-0.39, 0.29) is 17.3 Å². The molecule has 2 aromatic carbocycles. The van der Waals surface area contributed by atoms with Crippen LogP contribution >= 0.6 is 0 Å². The summed E-state index contributed by atoms with van der Waals surface area (Å²) in [5.41, 5.74) is 0.765. The topological polar surface area (TPSA) is 104 Å². The molecule has 9 heteroatoms. The van der Waals surface area contributed by atoms with Gasteiger partial charge in [-0.3, -0.25) is 0 Å². The highest BCUT2D eigenvalue weighted by Crippen LogP contribution is 2.32. The molecule has 0 spiro atoms. The van der Waals surface area contributed by atoms with Gasteiger partial charge in [-0.1, -0.05) is 18.2 Å². The summed E-state index contributed by atoms with van der Waals surface area (Å²) in [4.78, 5) is 0.0737. The van der Waals surface area contributed by atoms with Crippen LogP contribution < -0.4 is 14.2 Å². The second-order valence-electron chi connectivity index (χ2n) is 5.50. The molecule has 1 aromatic heterocycles. The van der Waals surface area contributed by atoms with E-state index in [0.29, 0.717) is 30.6 Å². The molecule has 1 aliphatic rings. The van der Waals surface area contributed by atoms with E-state index in [1.807, 2.05) is 30.3 Å². The van der Waals surface area contributed by atoms with Gasteiger partial charge in [0, 0.05) is 11.6 Å². The number of benzene rings is 2. The normalized spacial score (nSPS) is 13.5. The zero-order chi connectivity index (χ0) is 18.0. The molecular formula is C17H15N3O5S. The molecular weight excluding hydrogens is 358 g/mol. The summed E-state index contributed by atoms with van der Waals surface area (Å²) in [5, 5.41) is 7.80. The van der Waals surface area contributed by atoms with Gasteiger partial charge in [-0.05, 0) is 24.3 Å². The molecule has 26 heavy (non-hydrogen) atoms. The van der Waals surface area contributed by atoms with Crippen molar-refractivity contribution in [2.75, 3.05) is 13.2 Å². The lowest BCUT2D eigenvalue weighted by atomic mass is 10.2. The Bertz CT molecular complexity index is 1020. The van der Waals surface area contributed by atoms with Gasteiger partial charge in [0.15, 0.2) is 11.5 Å². The van der Waals surface area contributed by atoms with E-state index in [1.54, 1.807) is 6.07 Å². The summed E-state index contributed by atoms with van der Waals surface area (Å²) in [5.74, 6) is 1.44. The van der Waals surface area contributed by atoms with Crippen LogP contribution in [0.15, 0.2) is 57.8 Å². The van der Waals surface area contributed by atoms with Gasteiger partial charge in [0.2, 0.25) is 21.8 Å². The Morgan fingerprint density at radius 3 is 2.54 bits per heavy atom. The van der Waals surface area contributed by atoms with E-state index >= 15 is 0 Å². The third-order valence-corrected chi connectivity index (χ3v) is 5.12. The molecule has 1 N–H and O–H groups in total. The minimum atomic E-state index is -3.76. The molecule has 2 heterocycles. The van der Waals surface area contributed by atoms with Crippen molar-refractivity contribution in [2.24, 2.45) is 0 Å². The fourth-order valence-corrected chi connectivity index (χ4v) is 3.44. The van der Waals surface area contributed by atoms with Crippen molar-refractivity contribution >= 4 is 10.0 Å². The first kappa shape index (κ1) is 16.6. The number of hydrogen-bond donors (Lipinski definition) is 1. The molecule has 0 amide bonds. The number of sulfonamides is 1. The van der Waals surface area contributed by atoms with Crippen LogP contribution in [0.5, 0.6) is 11.5 Å². The minimum Gasteiger partial charge on any atom is -0.486 e. The molecule has 3 aromatic rings. The zero-order valence-corrected chi connectivity index (χ0v) is 14.4. The largest absolute Gasteiger partial charge is 0.486 e. The Balaban J connectivity index is 1.48. The van der Waals surface area contributed by atoms with Gasteiger partial charge in [-0.2, -0.15) is 0 Å². The van der Waals surface area contributed by atoms with Crippen molar-refractivity contribution in [1.82, 2.24) is 14.9 Å². The monoisotopic (exact) mass is 373 g/mol. The van der Waals surface area contributed by atoms with E-state index in [9.17, 15) is 8.42 Å². The fourth-order valence-electron chi connectivity index (χ4n) is 2.45. The van der Waals surface area contributed by atoms with Gasteiger partial charge >= 0.3 is 0 Å². The van der Waals surface area contributed by atoms with Crippen LogP contribution in [0.4, 0.5) is 0 Å². The first-order valence-electron chi connectivity index (χ1n) is 7.89. The first-order chi connectivity index (χ1) is 12.6. The van der Waals surface area contributed by atoms with E-state index < -0.39 is 10.0 Å². The number of hydrogen-bond acceptors (Lipinski definition) is 7. The van der Waals surface area contributed by atoms with Crippen LogP contribution in [0.3, 0.4) is 0 Å². The summed E-state index contributed by atoms with van der Waals surface area (Å²) in [6.07, 6.45) is 0. The van der Waals surface area contributed by atoms with Crippen LogP contribution in [0.25, 0.3) is 11.5 Å². The lowest BCUT2D eigenvalue weighted by Crippen LogP contribution is -2.24. The van der Waals surface area contributed by atoms with Crippen LogP contribution in [-0.4, -0.2) is 31.8 Å². The number of rotatable bonds is 5. The molecule has 1 aliphatic heterocycles. The Labute approximate surface area is 149 Å². The van der Waals surface area contributed by atoms with Crippen LogP contribution in [0, 0.1) is 0 Å². The van der Waals surface area contributed by atoms with Crippen LogP contribution in [0.2, 0.25) is 0 Å². The fraction of sp³-hybridized carbons (Fsp3) is 0.176. The van der Waals surface area contributed by atoms with E-state index in [2.05, 4.69) is 14.9 Å². The average Bonchev–Trinajstić information content (AvgIpc) is 3.16. The molecule has 134 valence electrons. The maximum Gasteiger partial charge on any atom is 0.247 e. The quantitative estimate of drug-likeness (QED) is 0.729. The van der Waals surface area contributed by atoms with Gasteiger partial charge in [-0.25, -0.2) is 13.1 Å². The first-order valence-corrected chi connectivity index (χ1v) is 9.37. The lowest BCUT2D eigenvalue weighted by Gasteiger charge is -2.18. The molecule has 0 saturated heterocycles. The van der Waals surface area contributed by atoms with Crippen molar-refractivity contribution < 1.29 is 22.3 Å². The highest BCUT2D eigenvalue weighted by atomic mass is 32.2. The molecule has 8 nitrogen and oxygen atoms in total. The molecule has 0 saturated carbocycles. The molecule has 4 rings (SSSR count). The zero-order valence-electron chi connectivity index (χ0n) is 13.6. The second-order valence-corrected chi connectivity index (χ2v) is 7.26. The Hall–Kier alpha value is -2.91. The smallest absolute Gasteiger partial charge is 0.247 e. The summed E-state index contributed by atoms with van der Waals surface area (Å²) in [6.45, 7) is 0.711. The molecule has 0 radical (unpaired) electrons. The Kier molecular flexibility index (Phi) is 4.31. The molecule has 0 unspecified atom stereocenters. The predicted molar refractivity (Wildman–Crippen MR) is 91.2 cm³/mol. The number of nitrogens with zero attached hydrogens (tertiary/aromatic N) is 2. The van der Waals surface area contributed by atoms with E-state index in [0.717, 1.165) is 5.56 Å². The SMILES string of the molecule is O=S(=O)(NCc1nnc(-c2ccccc2)o1)c1ccc2c(c1)OCCO2. The van der Waals surface area contributed by atoms with Gasteiger partial charge in [-0.15, -0.1) is 10.2 Å². The summed E-state index contributed by atoms with van der Waals surface area (Å²) in [7, 11) is -3.76. The van der Waals surface area contributed by atoms with Gasteiger partial charge in [0.1, 0.15) is 13.2 Å². The van der Waals surface area contributed by atoms with Crippen molar-refractivity contribution in [3.63, 3.8) is 0 Å². The minimum absolute atomic E-state index is 0.0737. The average molecular weight is 373 g/mol. The third kappa shape index (κ3) is 3.39. The second kappa shape index (κ2) is 6.77. The van der Waals surface area contributed by atoms with Gasteiger partial charge in [0.05, 0.1) is 11.4 Å². The third-order valence-electron chi connectivity index (χ3n) is 3.72. The standard InChI is InChI=1S/C17H15N3O5S/c21-26(22,13-6-7-14-15(10-13)24-9-8-23-14)18-11-16-19-20-17(25-16)12-4-2-1-3-5-12/h1-7,10,18H,8-9,11H2. The predicted octanol–water partition coefficient (Wildman–Crippen LogP) is 1.99. The number of aromatic nitrogens is 2. The highest BCUT2D eigenvalue weighted by molar-refractivity contribution is 7.89. The molecule has 0 atom stereocenters. The highest BCUT2D eigenvalue weighted by Gasteiger charge is 2.20. The number of nitrogens with one attached hydrogen (secondary N) is 1. The molecule has 0 aliphatic carbocycles. The van der Waals surface area contributed by atoms with Gasteiger partial charge < -0.3 is 13.9 Å². The number of ether oxygens (including phenoxy) is 2. The van der Waals surface area contributed by atoms with Crippen molar-refractivity contribution in [3.8, 4) is 23.0 Å². The maximum atomic E-state index is 12.5. The van der Waals surface area contributed by atoms with Crippen molar-refractivity contribution in [2.45, 2.75) is 11.4 Å². The summed E-state index contributed by atoms with van der Waals surface area (Å²) >= 11 is 0. The maximum absolute atomic E-state index is 12.5. The molecule has 0 fully saturated rings. The number of fused-ring (bicyclic) bond motifs is 1. The Morgan fingerprint density at radius 2 is 1.73 bits per heavy atom. The van der Waals surface area contributed by atoms with Crippen LogP contribution in [0.1, 0.15) is 5.89 Å².